The van der Waals surface area contributed by atoms with Crippen LogP contribution in [0.5, 0.6) is 0 Å². The van der Waals surface area contributed by atoms with Gasteiger partial charge >= 0.3 is 0 Å². The van der Waals surface area contributed by atoms with E-state index in [1.54, 1.807) is 0 Å². The summed E-state index contributed by atoms with van der Waals surface area (Å²) in [5.74, 6) is 0.407. The lowest BCUT2D eigenvalue weighted by molar-refractivity contribution is 0.208. The molecule has 94 valence electrons. The average molecular weight is 234 g/mol. The second-order valence-electron chi connectivity index (χ2n) is 4.98. The lowest BCUT2D eigenvalue weighted by Crippen LogP contribution is -2.37. The Bertz CT molecular complexity index is 365. The molecule has 1 aromatic carbocycles. The summed E-state index contributed by atoms with van der Waals surface area (Å²) >= 11 is 0. The van der Waals surface area contributed by atoms with Gasteiger partial charge in [-0.2, -0.15) is 0 Å². The Kier molecular flexibility index (Phi) is 4.02. The van der Waals surface area contributed by atoms with Gasteiger partial charge in [0.15, 0.2) is 0 Å². The van der Waals surface area contributed by atoms with Crippen molar-refractivity contribution < 1.29 is 5.11 Å². The number of hydrogen-bond acceptors (Lipinski definition) is 3. The zero-order valence-corrected chi connectivity index (χ0v) is 10.5. The zero-order valence-electron chi connectivity index (χ0n) is 10.5. The fourth-order valence-corrected chi connectivity index (χ4v) is 2.59. The maximum Gasteiger partial charge on any atom is 0.0476 e. The number of nitrogens with zero attached hydrogens (tertiary/aromatic N) is 1. The van der Waals surface area contributed by atoms with Crippen LogP contribution < -0.4 is 10.6 Å². The van der Waals surface area contributed by atoms with E-state index < -0.39 is 0 Å². The number of rotatable bonds is 3. The molecule has 2 rings (SSSR count). The third-order valence-corrected chi connectivity index (χ3v) is 3.55. The van der Waals surface area contributed by atoms with Crippen LogP contribution in [0.2, 0.25) is 0 Å². The Labute approximate surface area is 103 Å². The predicted molar refractivity (Wildman–Crippen MR) is 71.1 cm³/mol. The van der Waals surface area contributed by atoms with Crippen LogP contribution in [0.3, 0.4) is 0 Å². The monoisotopic (exact) mass is 234 g/mol. The quantitative estimate of drug-likeness (QED) is 0.840. The van der Waals surface area contributed by atoms with Crippen molar-refractivity contribution in [2.75, 3.05) is 24.6 Å². The Morgan fingerprint density at radius 2 is 2.24 bits per heavy atom. The van der Waals surface area contributed by atoms with Crippen LogP contribution >= 0.6 is 0 Å². The van der Waals surface area contributed by atoms with Gasteiger partial charge in [-0.05, 0) is 37.3 Å². The maximum absolute atomic E-state index is 9.28. The Morgan fingerprint density at radius 3 is 2.94 bits per heavy atom. The molecule has 0 amide bonds. The van der Waals surface area contributed by atoms with Gasteiger partial charge in [-0.25, -0.2) is 0 Å². The number of nitrogens with two attached hydrogens (primary N) is 1. The summed E-state index contributed by atoms with van der Waals surface area (Å²) < 4.78 is 0. The molecule has 2 unspecified atom stereocenters. The minimum atomic E-state index is 0.0562. The van der Waals surface area contributed by atoms with Crippen LogP contribution in [-0.2, 0) is 0 Å². The number of benzene rings is 1. The topological polar surface area (TPSA) is 49.5 Å². The molecular weight excluding hydrogens is 212 g/mol. The molecule has 1 fully saturated rings. The van der Waals surface area contributed by atoms with Crippen LogP contribution in [0, 0.1) is 5.92 Å². The first-order valence-corrected chi connectivity index (χ1v) is 6.42. The Morgan fingerprint density at radius 1 is 1.47 bits per heavy atom. The van der Waals surface area contributed by atoms with E-state index in [1.165, 1.54) is 11.3 Å². The second kappa shape index (κ2) is 5.52. The fraction of sp³-hybridized carbons (Fsp3) is 0.571. The summed E-state index contributed by atoms with van der Waals surface area (Å²) in [7, 11) is 0. The molecule has 1 aliphatic rings. The highest BCUT2D eigenvalue weighted by Crippen LogP contribution is 2.28. The molecule has 1 heterocycles. The van der Waals surface area contributed by atoms with Gasteiger partial charge in [-0.3, -0.25) is 0 Å². The molecule has 3 nitrogen and oxygen atoms in total. The SMILES string of the molecule is CC(N)c1ccccc1N1CCCC(CO)C1. The van der Waals surface area contributed by atoms with E-state index in [-0.39, 0.29) is 12.6 Å². The number of piperidine rings is 1. The normalized spacial score (nSPS) is 22.5. The predicted octanol–water partition coefficient (Wildman–Crippen LogP) is 1.92. The number of anilines is 1. The molecule has 0 aromatic heterocycles. The lowest BCUT2D eigenvalue weighted by atomic mass is 9.97. The van der Waals surface area contributed by atoms with E-state index in [0.717, 1.165) is 25.9 Å². The molecule has 3 heteroatoms. The van der Waals surface area contributed by atoms with Crippen molar-refractivity contribution in [3.63, 3.8) is 0 Å². The van der Waals surface area contributed by atoms with Gasteiger partial charge in [0.2, 0.25) is 0 Å². The first-order chi connectivity index (χ1) is 8.22. The van der Waals surface area contributed by atoms with E-state index >= 15 is 0 Å². The molecule has 0 radical (unpaired) electrons. The van der Waals surface area contributed by atoms with E-state index in [1.807, 2.05) is 13.0 Å². The van der Waals surface area contributed by atoms with Crippen molar-refractivity contribution >= 4 is 5.69 Å². The highest BCUT2D eigenvalue weighted by atomic mass is 16.3. The molecular formula is C14H22N2O. The molecule has 2 atom stereocenters. The second-order valence-corrected chi connectivity index (χ2v) is 4.98. The van der Waals surface area contributed by atoms with Crippen molar-refractivity contribution in [1.82, 2.24) is 0 Å². The summed E-state index contributed by atoms with van der Waals surface area (Å²) in [6.45, 7) is 4.32. The number of para-hydroxylation sites is 1. The molecule has 1 saturated heterocycles. The van der Waals surface area contributed by atoms with E-state index in [0.29, 0.717) is 5.92 Å². The van der Waals surface area contributed by atoms with Crippen molar-refractivity contribution in [3.8, 4) is 0 Å². The molecule has 0 aliphatic carbocycles. The third kappa shape index (κ3) is 2.79. The summed E-state index contributed by atoms with van der Waals surface area (Å²) in [5, 5.41) is 9.28. The van der Waals surface area contributed by atoms with Crippen LogP contribution in [0.25, 0.3) is 0 Å². The fourth-order valence-electron chi connectivity index (χ4n) is 2.59. The van der Waals surface area contributed by atoms with E-state index in [2.05, 4.69) is 23.1 Å². The smallest absolute Gasteiger partial charge is 0.0476 e. The largest absolute Gasteiger partial charge is 0.396 e. The first kappa shape index (κ1) is 12.4. The number of aliphatic hydroxyl groups excluding tert-OH is 1. The van der Waals surface area contributed by atoms with Gasteiger partial charge in [-0.15, -0.1) is 0 Å². The highest BCUT2D eigenvalue weighted by Gasteiger charge is 2.21. The van der Waals surface area contributed by atoms with Gasteiger partial charge in [-0.1, -0.05) is 18.2 Å². The number of aliphatic hydroxyl groups is 1. The maximum atomic E-state index is 9.28. The standard InChI is InChI=1S/C14H22N2O/c1-11(15)13-6-2-3-7-14(13)16-8-4-5-12(9-16)10-17/h2-3,6-7,11-12,17H,4-5,8-10,15H2,1H3. The van der Waals surface area contributed by atoms with Crippen LogP contribution in [0.15, 0.2) is 24.3 Å². The summed E-state index contributed by atoms with van der Waals surface area (Å²) in [6.07, 6.45) is 2.28. The molecule has 3 N–H and O–H groups in total. The van der Waals surface area contributed by atoms with Gasteiger partial charge in [0.05, 0.1) is 0 Å². The first-order valence-electron chi connectivity index (χ1n) is 6.42. The van der Waals surface area contributed by atoms with Crippen LogP contribution in [-0.4, -0.2) is 24.8 Å². The molecule has 1 aliphatic heterocycles. The van der Waals surface area contributed by atoms with E-state index in [4.69, 9.17) is 5.73 Å². The van der Waals surface area contributed by atoms with Crippen LogP contribution in [0.4, 0.5) is 5.69 Å². The summed E-state index contributed by atoms with van der Waals surface area (Å²) in [6, 6.07) is 8.39. The van der Waals surface area contributed by atoms with E-state index in [9.17, 15) is 5.11 Å². The molecule has 17 heavy (non-hydrogen) atoms. The lowest BCUT2D eigenvalue weighted by Gasteiger charge is -2.35. The Balaban J connectivity index is 2.21. The van der Waals surface area contributed by atoms with Gasteiger partial charge in [0.1, 0.15) is 0 Å². The molecule has 0 bridgehead atoms. The average Bonchev–Trinajstić information content (AvgIpc) is 2.39. The molecule has 1 aromatic rings. The van der Waals surface area contributed by atoms with Crippen molar-refractivity contribution in [2.45, 2.75) is 25.8 Å². The Hall–Kier alpha value is -1.06. The third-order valence-electron chi connectivity index (χ3n) is 3.55. The van der Waals surface area contributed by atoms with Crippen molar-refractivity contribution in [3.05, 3.63) is 29.8 Å². The number of hydrogen-bond donors (Lipinski definition) is 2. The zero-order chi connectivity index (χ0) is 12.3. The minimum Gasteiger partial charge on any atom is -0.396 e. The van der Waals surface area contributed by atoms with Crippen molar-refractivity contribution in [2.24, 2.45) is 11.7 Å². The van der Waals surface area contributed by atoms with Crippen molar-refractivity contribution in [1.29, 1.82) is 0 Å². The minimum absolute atomic E-state index is 0.0562. The van der Waals surface area contributed by atoms with Gasteiger partial charge in [0.25, 0.3) is 0 Å². The highest BCUT2D eigenvalue weighted by molar-refractivity contribution is 5.55. The van der Waals surface area contributed by atoms with Gasteiger partial charge < -0.3 is 15.7 Å². The molecule has 0 spiro atoms. The van der Waals surface area contributed by atoms with Crippen LogP contribution in [0.1, 0.15) is 31.4 Å². The molecule has 0 saturated carbocycles. The summed E-state index contributed by atoms with van der Waals surface area (Å²) in [4.78, 5) is 2.36. The summed E-state index contributed by atoms with van der Waals surface area (Å²) in [5.41, 5.74) is 8.45. The van der Waals surface area contributed by atoms with Gasteiger partial charge in [0, 0.05) is 31.4 Å².